The average molecular weight is 488 g/mol. The Morgan fingerprint density at radius 1 is 0.941 bits per heavy atom. The highest BCUT2D eigenvalue weighted by molar-refractivity contribution is 7.92. The summed E-state index contributed by atoms with van der Waals surface area (Å²) in [6, 6.07) is 16.4. The Kier molecular flexibility index (Phi) is 10.1. The Morgan fingerprint density at radius 3 is 2.12 bits per heavy atom. The fourth-order valence-corrected chi connectivity index (χ4v) is 4.66. The summed E-state index contributed by atoms with van der Waals surface area (Å²) >= 11 is 0. The van der Waals surface area contributed by atoms with Crippen LogP contribution in [0, 0.1) is 6.92 Å². The molecule has 186 valence electrons. The summed E-state index contributed by atoms with van der Waals surface area (Å²) in [4.78, 5) is 27.4. The number of hydrogen-bond acceptors (Lipinski definition) is 4. The third kappa shape index (κ3) is 8.48. The monoisotopic (exact) mass is 487 g/mol. The molecular formula is C26H37N3O4S. The van der Waals surface area contributed by atoms with Gasteiger partial charge in [-0.1, -0.05) is 48.0 Å². The van der Waals surface area contributed by atoms with E-state index in [1.807, 2.05) is 63.2 Å². The molecule has 2 aromatic rings. The van der Waals surface area contributed by atoms with Crippen LogP contribution in [0.15, 0.2) is 54.6 Å². The van der Waals surface area contributed by atoms with Gasteiger partial charge in [0.1, 0.15) is 6.04 Å². The molecule has 0 radical (unpaired) electrons. The summed E-state index contributed by atoms with van der Waals surface area (Å²) in [6.07, 6.45) is 2.29. The van der Waals surface area contributed by atoms with Crippen LogP contribution in [-0.4, -0.2) is 56.6 Å². The highest BCUT2D eigenvalue weighted by Crippen LogP contribution is 2.19. The van der Waals surface area contributed by atoms with Crippen molar-refractivity contribution in [1.82, 2.24) is 10.2 Å². The fraction of sp³-hybridized carbons (Fsp3) is 0.462. The van der Waals surface area contributed by atoms with Gasteiger partial charge in [-0.05, 0) is 58.2 Å². The standard InChI is InChI=1S/C26H37N3O4S/c1-20(2)27-26(31)22(4)28(19-17-23-10-7-6-8-11-23)25(30)12-9-18-29(34(5,32)33)24-15-13-21(3)14-16-24/h6-8,10-11,13-16,20,22H,9,12,17-19H2,1-5H3,(H,27,31)/t22-/m1/s1. The van der Waals surface area contributed by atoms with Crippen LogP contribution in [0.1, 0.15) is 44.7 Å². The molecule has 34 heavy (non-hydrogen) atoms. The largest absolute Gasteiger partial charge is 0.352 e. The number of aryl methyl sites for hydroxylation is 1. The van der Waals surface area contributed by atoms with E-state index in [0.717, 1.165) is 11.1 Å². The van der Waals surface area contributed by atoms with Crippen LogP contribution in [0.4, 0.5) is 5.69 Å². The van der Waals surface area contributed by atoms with Crippen LogP contribution < -0.4 is 9.62 Å². The molecule has 0 aliphatic heterocycles. The quantitative estimate of drug-likeness (QED) is 0.496. The molecule has 0 fully saturated rings. The van der Waals surface area contributed by atoms with Crippen molar-refractivity contribution in [3.63, 3.8) is 0 Å². The van der Waals surface area contributed by atoms with Gasteiger partial charge in [-0.2, -0.15) is 0 Å². The molecule has 0 aliphatic rings. The number of sulfonamides is 1. The van der Waals surface area contributed by atoms with Crippen molar-refractivity contribution in [2.75, 3.05) is 23.7 Å². The minimum Gasteiger partial charge on any atom is -0.352 e. The predicted molar refractivity (Wildman–Crippen MR) is 137 cm³/mol. The van der Waals surface area contributed by atoms with E-state index in [9.17, 15) is 18.0 Å². The number of rotatable bonds is 12. The summed E-state index contributed by atoms with van der Waals surface area (Å²) in [6.45, 7) is 8.02. The molecule has 0 heterocycles. The first-order chi connectivity index (χ1) is 16.0. The van der Waals surface area contributed by atoms with Gasteiger partial charge in [-0.25, -0.2) is 8.42 Å². The van der Waals surface area contributed by atoms with E-state index in [2.05, 4.69) is 5.32 Å². The summed E-state index contributed by atoms with van der Waals surface area (Å²) in [5.74, 6) is -0.367. The van der Waals surface area contributed by atoms with Crippen molar-refractivity contribution < 1.29 is 18.0 Å². The van der Waals surface area contributed by atoms with E-state index >= 15 is 0 Å². The molecule has 0 spiro atoms. The number of nitrogens with zero attached hydrogens (tertiary/aromatic N) is 2. The van der Waals surface area contributed by atoms with Crippen LogP contribution in [0.2, 0.25) is 0 Å². The van der Waals surface area contributed by atoms with Crippen molar-refractivity contribution in [3.05, 3.63) is 65.7 Å². The van der Waals surface area contributed by atoms with Gasteiger partial charge in [0, 0.05) is 25.6 Å². The number of carbonyl (C=O) groups is 2. The molecule has 0 saturated carbocycles. The molecule has 2 aromatic carbocycles. The van der Waals surface area contributed by atoms with Gasteiger partial charge in [-0.15, -0.1) is 0 Å². The molecule has 0 bridgehead atoms. The molecule has 1 atom stereocenters. The summed E-state index contributed by atoms with van der Waals surface area (Å²) in [5.41, 5.74) is 2.70. The van der Waals surface area contributed by atoms with E-state index in [0.29, 0.717) is 25.1 Å². The molecule has 2 amide bonds. The summed E-state index contributed by atoms with van der Waals surface area (Å²) in [5, 5.41) is 2.88. The van der Waals surface area contributed by atoms with Crippen LogP contribution in [0.25, 0.3) is 0 Å². The second-order valence-corrected chi connectivity index (χ2v) is 10.8. The third-order valence-electron chi connectivity index (χ3n) is 5.56. The molecule has 0 aliphatic carbocycles. The SMILES string of the molecule is Cc1ccc(N(CCCC(=O)N(CCc2ccccc2)[C@H](C)C(=O)NC(C)C)S(C)(=O)=O)cc1. The zero-order valence-corrected chi connectivity index (χ0v) is 21.6. The van der Waals surface area contributed by atoms with E-state index in [1.54, 1.807) is 24.0 Å². The average Bonchev–Trinajstić information content (AvgIpc) is 2.77. The molecule has 7 nitrogen and oxygen atoms in total. The molecule has 0 saturated heterocycles. The Labute approximate surface area is 204 Å². The first-order valence-electron chi connectivity index (χ1n) is 11.7. The molecule has 0 unspecified atom stereocenters. The summed E-state index contributed by atoms with van der Waals surface area (Å²) < 4.78 is 26.0. The highest BCUT2D eigenvalue weighted by Gasteiger charge is 2.26. The van der Waals surface area contributed by atoms with Gasteiger partial charge in [-0.3, -0.25) is 13.9 Å². The minimum absolute atomic E-state index is 0.0288. The number of anilines is 1. The first-order valence-corrected chi connectivity index (χ1v) is 13.5. The summed E-state index contributed by atoms with van der Waals surface area (Å²) in [7, 11) is -3.49. The topological polar surface area (TPSA) is 86.8 Å². The normalized spacial score (nSPS) is 12.3. The van der Waals surface area contributed by atoms with Crippen LogP contribution >= 0.6 is 0 Å². The molecule has 0 aromatic heterocycles. The maximum atomic E-state index is 13.2. The first kappa shape index (κ1) is 27.4. The fourth-order valence-electron chi connectivity index (χ4n) is 3.69. The molecular weight excluding hydrogens is 450 g/mol. The maximum Gasteiger partial charge on any atom is 0.242 e. The van der Waals surface area contributed by atoms with Crippen LogP contribution in [0.3, 0.4) is 0 Å². The molecule has 2 rings (SSSR count). The predicted octanol–water partition coefficient (Wildman–Crippen LogP) is 3.53. The van der Waals surface area contributed by atoms with E-state index in [1.165, 1.54) is 10.6 Å². The lowest BCUT2D eigenvalue weighted by Gasteiger charge is -2.30. The zero-order valence-electron chi connectivity index (χ0n) is 20.8. The third-order valence-corrected chi connectivity index (χ3v) is 6.75. The van der Waals surface area contributed by atoms with Gasteiger partial charge in [0.15, 0.2) is 0 Å². The lowest BCUT2D eigenvalue weighted by molar-refractivity contribution is -0.140. The van der Waals surface area contributed by atoms with E-state index < -0.39 is 16.1 Å². The lowest BCUT2D eigenvalue weighted by atomic mass is 10.1. The van der Waals surface area contributed by atoms with Crippen molar-refractivity contribution in [3.8, 4) is 0 Å². The van der Waals surface area contributed by atoms with E-state index in [-0.39, 0.29) is 30.8 Å². The smallest absolute Gasteiger partial charge is 0.242 e. The highest BCUT2D eigenvalue weighted by atomic mass is 32.2. The number of hydrogen-bond donors (Lipinski definition) is 1. The number of benzene rings is 2. The van der Waals surface area contributed by atoms with Gasteiger partial charge in [0.25, 0.3) is 0 Å². The number of nitrogens with one attached hydrogen (secondary N) is 1. The van der Waals surface area contributed by atoms with Gasteiger partial charge in [0.2, 0.25) is 21.8 Å². The van der Waals surface area contributed by atoms with Crippen LogP contribution in [0.5, 0.6) is 0 Å². The van der Waals surface area contributed by atoms with Crippen molar-refractivity contribution in [1.29, 1.82) is 0 Å². The van der Waals surface area contributed by atoms with E-state index in [4.69, 9.17) is 0 Å². The van der Waals surface area contributed by atoms with Gasteiger partial charge >= 0.3 is 0 Å². The Bertz CT molecular complexity index is 1040. The number of amides is 2. The Hall–Kier alpha value is -2.87. The molecule has 1 N–H and O–H groups in total. The van der Waals surface area contributed by atoms with Gasteiger partial charge in [0.05, 0.1) is 11.9 Å². The second-order valence-electron chi connectivity index (χ2n) is 8.94. The van der Waals surface area contributed by atoms with Gasteiger partial charge < -0.3 is 10.2 Å². The van der Waals surface area contributed by atoms with Crippen molar-refractivity contribution in [2.24, 2.45) is 0 Å². The minimum atomic E-state index is -3.49. The maximum absolute atomic E-state index is 13.2. The second kappa shape index (κ2) is 12.6. The Balaban J connectivity index is 2.09. The Morgan fingerprint density at radius 2 is 1.56 bits per heavy atom. The zero-order chi connectivity index (χ0) is 25.3. The van der Waals surface area contributed by atoms with Crippen LogP contribution in [-0.2, 0) is 26.0 Å². The number of carbonyl (C=O) groups excluding carboxylic acids is 2. The lowest BCUT2D eigenvalue weighted by Crippen LogP contribution is -2.50. The molecule has 8 heteroatoms. The van der Waals surface area contributed by atoms with Crippen molar-refractivity contribution in [2.45, 2.75) is 59.0 Å². The van der Waals surface area contributed by atoms with Crippen molar-refractivity contribution >= 4 is 27.5 Å².